The summed E-state index contributed by atoms with van der Waals surface area (Å²) in [6.45, 7) is 3.25. The van der Waals surface area contributed by atoms with Crippen molar-refractivity contribution in [1.29, 1.82) is 0 Å². The number of hydrogen-bond donors (Lipinski definition) is 1. The Balaban J connectivity index is 1.94. The zero-order valence-corrected chi connectivity index (χ0v) is 10.9. The highest BCUT2D eigenvalue weighted by molar-refractivity contribution is 5.93. The molecule has 0 unspecified atom stereocenters. The van der Waals surface area contributed by atoms with Gasteiger partial charge in [-0.1, -0.05) is 11.2 Å². The highest BCUT2D eigenvalue weighted by Crippen LogP contribution is 2.35. The van der Waals surface area contributed by atoms with Crippen LogP contribution in [0.4, 0.5) is 5.69 Å². The number of carboxylic acid groups (broad SMARTS) is 1. The smallest absolute Gasteiger partial charge is 0.339 e. The van der Waals surface area contributed by atoms with E-state index in [1.165, 1.54) is 6.07 Å². The largest absolute Gasteiger partial charge is 0.489 e. The van der Waals surface area contributed by atoms with Crippen LogP contribution >= 0.6 is 0 Å². The van der Waals surface area contributed by atoms with Gasteiger partial charge in [-0.3, -0.25) is 0 Å². The molecule has 0 bridgehead atoms. The molecule has 1 N–H and O–H groups in total. The van der Waals surface area contributed by atoms with Crippen LogP contribution in [0.25, 0.3) is 0 Å². The molecular formula is C13H13N3O4. The molecule has 7 nitrogen and oxygen atoms in total. The van der Waals surface area contributed by atoms with E-state index in [2.05, 4.69) is 10.1 Å². The van der Waals surface area contributed by atoms with E-state index >= 15 is 0 Å². The summed E-state index contributed by atoms with van der Waals surface area (Å²) in [5, 5.41) is 13.0. The van der Waals surface area contributed by atoms with Crippen LogP contribution in [0, 0.1) is 6.92 Å². The van der Waals surface area contributed by atoms with Crippen LogP contribution in [0.1, 0.15) is 22.1 Å². The highest BCUT2D eigenvalue weighted by atomic mass is 16.5. The Morgan fingerprint density at radius 1 is 1.50 bits per heavy atom. The molecular weight excluding hydrogens is 262 g/mol. The number of carboxylic acids is 1. The van der Waals surface area contributed by atoms with Gasteiger partial charge in [0.15, 0.2) is 11.6 Å². The van der Waals surface area contributed by atoms with Gasteiger partial charge in [0.2, 0.25) is 5.89 Å². The first-order valence-electron chi connectivity index (χ1n) is 6.18. The standard InChI is InChI=1S/C13H13N3O4/c1-8-14-11(15-20-8)7-16-5-6-19-12-9(13(17)18)3-2-4-10(12)16/h2-4H,5-7H2,1H3,(H,17,18). The van der Waals surface area contributed by atoms with E-state index in [4.69, 9.17) is 9.26 Å². The maximum atomic E-state index is 11.2. The van der Waals surface area contributed by atoms with E-state index in [-0.39, 0.29) is 5.56 Å². The minimum absolute atomic E-state index is 0.163. The summed E-state index contributed by atoms with van der Waals surface area (Å²) in [6.07, 6.45) is 0. The molecule has 0 aliphatic carbocycles. The molecule has 2 aromatic rings. The number of anilines is 1. The Hall–Kier alpha value is -2.57. The molecule has 3 rings (SSSR count). The first kappa shape index (κ1) is 12.5. The zero-order chi connectivity index (χ0) is 14.1. The number of aromatic carboxylic acids is 1. The first-order chi connectivity index (χ1) is 9.65. The molecule has 20 heavy (non-hydrogen) atoms. The van der Waals surface area contributed by atoms with Gasteiger partial charge in [0.25, 0.3) is 0 Å². The molecule has 1 aromatic carbocycles. The number of para-hydroxylation sites is 1. The Labute approximate surface area is 114 Å². The molecule has 0 spiro atoms. The van der Waals surface area contributed by atoms with Gasteiger partial charge in [0.05, 0.1) is 18.8 Å². The van der Waals surface area contributed by atoms with Crippen molar-refractivity contribution >= 4 is 11.7 Å². The molecule has 7 heteroatoms. The fourth-order valence-corrected chi connectivity index (χ4v) is 2.21. The zero-order valence-electron chi connectivity index (χ0n) is 10.9. The van der Waals surface area contributed by atoms with Crippen LogP contribution < -0.4 is 9.64 Å². The van der Waals surface area contributed by atoms with Crippen LogP contribution in [-0.2, 0) is 6.54 Å². The molecule has 0 atom stereocenters. The summed E-state index contributed by atoms with van der Waals surface area (Å²) in [4.78, 5) is 17.3. The summed E-state index contributed by atoms with van der Waals surface area (Å²) in [7, 11) is 0. The fraction of sp³-hybridized carbons (Fsp3) is 0.308. The topological polar surface area (TPSA) is 88.7 Å². The number of nitrogens with zero attached hydrogens (tertiary/aromatic N) is 3. The number of hydrogen-bond acceptors (Lipinski definition) is 6. The summed E-state index contributed by atoms with van der Waals surface area (Å²) in [5.74, 6) is 0.467. The average Bonchev–Trinajstić information content (AvgIpc) is 2.84. The van der Waals surface area contributed by atoms with E-state index in [1.807, 2.05) is 11.0 Å². The van der Waals surface area contributed by atoms with Gasteiger partial charge in [-0.25, -0.2) is 4.79 Å². The lowest BCUT2D eigenvalue weighted by molar-refractivity contribution is 0.0692. The molecule has 0 saturated carbocycles. The van der Waals surface area contributed by atoms with Gasteiger partial charge in [0, 0.05) is 6.92 Å². The van der Waals surface area contributed by atoms with Crippen molar-refractivity contribution in [1.82, 2.24) is 10.1 Å². The van der Waals surface area contributed by atoms with Gasteiger partial charge in [-0.05, 0) is 12.1 Å². The molecule has 1 aliphatic rings. The second-order valence-corrected chi connectivity index (χ2v) is 4.46. The summed E-state index contributed by atoms with van der Waals surface area (Å²) < 4.78 is 10.4. The van der Waals surface area contributed by atoms with E-state index < -0.39 is 5.97 Å². The van der Waals surface area contributed by atoms with Crippen molar-refractivity contribution in [2.45, 2.75) is 13.5 Å². The number of ether oxygens (including phenoxy) is 1. The second kappa shape index (κ2) is 4.84. The summed E-state index contributed by atoms with van der Waals surface area (Å²) >= 11 is 0. The Morgan fingerprint density at radius 2 is 2.35 bits per heavy atom. The lowest BCUT2D eigenvalue weighted by Gasteiger charge is -2.30. The molecule has 0 amide bonds. The average molecular weight is 275 g/mol. The number of carbonyl (C=O) groups is 1. The highest BCUT2D eigenvalue weighted by Gasteiger charge is 2.24. The fourth-order valence-electron chi connectivity index (χ4n) is 2.21. The van der Waals surface area contributed by atoms with Gasteiger partial charge >= 0.3 is 5.97 Å². The quantitative estimate of drug-likeness (QED) is 0.907. The van der Waals surface area contributed by atoms with E-state index in [1.54, 1.807) is 13.0 Å². The lowest BCUT2D eigenvalue weighted by Crippen LogP contribution is -2.33. The predicted molar refractivity (Wildman–Crippen MR) is 69.0 cm³/mol. The third-order valence-corrected chi connectivity index (χ3v) is 3.07. The van der Waals surface area contributed by atoms with Crippen LogP contribution in [-0.4, -0.2) is 34.4 Å². The van der Waals surface area contributed by atoms with Crippen molar-refractivity contribution in [3.8, 4) is 5.75 Å². The molecule has 2 heterocycles. The number of benzene rings is 1. The molecule has 104 valence electrons. The SMILES string of the molecule is Cc1nc(CN2CCOc3c(C(=O)O)cccc32)no1. The third-order valence-electron chi connectivity index (χ3n) is 3.07. The normalized spacial score (nSPS) is 13.8. The predicted octanol–water partition coefficient (Wildman–Crippen LogP) is 1.48. The van der Waals surface area contributed by atoms with Crippen LogP contribution in [0.15, 0.2) is 22.7 Å². The maximum Gasteiger partial charge on any atom is 0.339 e. The molecule has 0 saturated heterocycles. The van der Waals surface area contributed by atoms with Crippen molar-refractivity contribution in [3.63, 3.8) is 0 Å². The summed E-state index contributed by atoms with van der Waals surface area (Å²) in [5.41, 5.74) is 0.898. The van der Waals surface area contributed by atoms with Crippen LogP contribution in [0.5, 0.6) is 5.75 Å². The second-order valence-electron chi connectivity index (χ2n) is 4.46. The van der Waals surface area contributed by atoms with Crippen LogP contribution in [0.3, 0.4) is 0 Å². The Morgan fingerprint density at radius 3 is 3.05 bits per heavy atom. The minimum atomic E-state index is -1.00. The summed E-state index contributed by atoms with van der Waals surface area (Å²) in [6, 6.07) is 5.06. The first-order valence-corrected chi connectivity index (χ1v) is 6.18. The molecule has 0 fully saturated rings. The van der Waals surface area contributed by atoms with Gasteiger partial charge in [-0.15, -0.1) is 0 Å². The van der Waals surface area contributed by atoms with Crippen LogP contribution in [0.2, 0.25) is 0 Å². The van der Waals surface area contributed by atoms with Crippen molar-refractivity contribution in [3.05, 3.63) is 35.5 Å². The monoisotopic (exact) mass is 275 g/mol. The third kappa shape index (κ3) is 2.18. The number of aromatic nitrogens is 2. The van der Waals surface area contributed by atoms with Crippen molar-refractivity contribution in [2.24, 2.45) is 0 Å². The Kier molecular flexibility index (Phi) is 3.02. The molecule has 0 radical (unpaired) electrons. The van der Waals surface area contributed by atoms with Gasteiger partial charge < -0.3 is 19.3 Å². The van der Waals surface area contributed by atoms with Crippen molar-refractivity contribution < 1.29 is 19.2 Å². The maximum absolute atomic E-state index is 11.2. The number of aryl methyl sites for hydroxylation is 1. The van der Waals surface area contributed by atoms with E-state index in [9.17, 15) is 9.90 Å². The van der Waals surface area contributed by atoms with Crippen molar-refractivity contribution in [2.75, 3.05) is 18.1 Å². The molecule has 1 aromatic heterocycles. The number of rotatable bonds is 3. The van der Waals surface area contributed by atoms with E-state index in [0.717, 1.165) is 5.69 Å². The van der Waals surface area contributed by atoms with Gasteiger partial charge in [-0.2, -0.15) is 4.98 Å². The minimum Gasteiger partial charge on any atom is -0.489 e. The number of fused-ring (bicyclic) bond motifs is 1. The molecule has 1 aliphatic heterocycles. The van der Waals surface area contributed by atoms with Gasteiger partial charge in [0.1, 0.15) is 12.2 Å². The lowest BCUT2D eigenvalue weighted by atomic mass is 10.1. The van der Waals surface area contributed by atoms with E-state index in [0.29, 0.717) is 37.2 Å². The Bertz CT molecular complexity index is 653.